The van der Waals surface area contributed by atoms with Crippen molar-refractivity contribution in [1.29, 1.82) is 0 Å². The molecule has 0 atom stereocenters. The largest absolute Gasteiger partial charge is 0.354 e. The first-order chi connectivity index (χ1) is 24.7. The fraction of sp³-hybridized carbons (Fsp3) is 0.0435. The lowest BCUT2D eigenvalue weighted by atomic mass is 10.0. The van der Waals surface area contributed by atoms with Crippen molar-refractivity contribution in [2.45, 2.75) is 13.3 Å². The normalized spacial score (nSPS) is 12.5. The van der Waals surface area contributed by atoms with E-state index in [-0.39, 0.29) is 0 Å². The number of H-pyrrole nitrogens is 2. The summed E-state index contributed by atoms with van der Waals surface area (Å²) in [4.78, 5) is 18.4. The van der Waals surface area contributed by atoms with Crippen molar-refractivity contribution in [2.75, 3.05) is 0 Å². The lowest BCUT2D eigenvalue weighted by Gasteiger charge is -2.07. The van der Waals surface area contributed by atoms with E-state index in [2.05, 4.69) is 163 Å². The van der Waals surface area contributed by atoms with E-state index in [1.54, 1.807) is 0 Å². The fourth-order valence-electron chi connectivity index (χ4n) is 6.83. The van der Waals surface area contributed by atoms with Crippen molar-refractivity contribution in [3.63, 3.8) is 0 Å². The maximum atomic E-state index is 5.37. The van der Waals surface area contributed by atoms with Crippen molar-refractivity contribution in [2.24, 2.45) is 0 Å². The van der Waals surface area contributed by atoms with Gasteiger partial charge in [0.2, 0.25) is 0 Å². The van der Waals surface area contributed by atoms with Gasteiger partial charge < -0.3 is 9.97 Å². The zero-order valence-corrected chi connectivity index (χ0v) is 27.9. The molecule has 3 aromatic carbocycles. The summed E-state index contributed by atoms with van der Waals surface area (Å²) in [7, 11) is 0. The molecule has 0 unspecified atom stereocenters. The molecule has 3 aromatic heterocycles. The second-order valence-electron chi connectivity index (χ2n) is 12.3. The highest BCUT2D eigenvalue weighted by Gasteiger charge is 2.18. The number of nitrogens with one attached hydrogen (secondary N) is 2. The average molecular weight is 645 g/mol. The van der Waals surface area contributed by atoms with Gasteiger partial charge >= 0.3 is 0 Å². The Morgan fingerprint density at radius 1 is 0.540 bits per heavy atom. The molecule has 4 nitrogen and oxygen atoms in total. The number of fused-ring (bicyclic) bond motifs is 8. The van der Waals surface area contributed by atoms with Gasteiger partial charge in [0.05, 0.1) is 22.8 Å². The Balaban J connectivity index is 1.58. The van der Waals surface area contributed by atoms with E-state index in [0.717, 1.165) is 95.8 Å². The molecule has 0 spiro atoms. The third-order valence-corrected chi connectivity index (χ3v) is 9.06. The molecule has 0 radical (unpaired) electrons. The number of hydrogen-bond acceptors (Lipinski definition) is 2. The molecule has 2 aliphatic rings. The SMILES string of the molecule is C=C/C=C(\C=C/CC)c1c2nc(c(-c3ccccc3)c3ccc([nH]3)c(-c3ccccc3)c3nc(c(-c4ccccc4)c4ccc1[nH]4)C=C3)C=C2. The van der Waals surface area contributed by atoms with Gasteiger partial charge in [-0.2, -0.15) is 0 Å². The van der Waals surface area contributed by atoms with Gasteiger partial charge in [-0.15, -0.1) is 0 Å². The van der Waals surface area contributed by atoms with Crippen LogP contribution in [0.2, 0.25) is 0 Å². The third kappa shape index (κ3) is 5.78. The van der Waals surface area contributed by atoms with E-state index in [0.29, 0.717) is 0 Å². The quantitative estimate of drug-likeness (QED) is 0.170. The van der Waals surface area contributed by atoms with Crippen LogP contribution >= 0.6 is 0 Å². The van der Waals surface area contributed by atoms with Gasteiger partial charge in [-0.3, -0.25) is 0 Å². The number of rotatable bonds is 7. The Kier molecular flexibility index (Phi) is 8.34. The lowest BCUT2D eigenvalue weighted by Crippen LogP contribution is -1.91. The van der Waals surface area contributed by atoms with Gasteiger partial charge in [0.1, 0.15) is 0 Å². The molecular formula is C46H36N4. The summed E-state index contributed by atoms with van der Waals surface area (Å²) < 4.78 is 0. The number of aromatic nitrogens is 4. The lowest BCUT2D eigenvalue weighted by molar-refractivity contribution is 1.22. The minimum atomic E-state index is 0.876. The second kappa shape index (κ2) is 13.5. The van der Waals surface area contributed by atoms with Crippen molar-refractivity contribution in [3.05, 3.63) is 174 Å². The van der Waals surface area contributed by atoms with Crippen molar-refractivity contribution in [3.8, 4) is 33.4 Å². The Morgan fingerprint density at radius 3 is 1.38 bits per heavy atom. The maximum Gasteiger partial charge on any atom is 0.0737 e. The highest BCUT2D eigenvalue weighted by Crippen LogP contribution is 2.37. The number of hydrogen-bond donors (Lipinski definition) is 2. The average Bonchev–Trinajstić information content (AvgIpc) is 4.00. The number of benzene rings is 3. The number of allylic oxidation sites excluding steroid dienone is 5. The van der Waals surface area contributed by atoms with Crippen LogP contribution in [0, 0.1) is 0 Å². The summed E-state index contributed by atoms with van der Waals surface area (Å²) in [6.07, 6.45) is 17.7. The van der Waals surface area contributed by atoms with E-state index in [1.807, 2.05) is 24.3 Å². The molecule has 240 valence electrons. The summed E-state index contributed by atoms with van der Waals surface area (Å²) in [5.41, 5.74) is 15.9. The molecule has 0 aliphatic carbocycles. The Hall–Kier alpha value is -6.52. The molecule has 0 fully saturated rings. The molecule has 50 heavy (non-hydrogen) atoms. The minimum absolute atomic E-state index is 0.876. The zero-order chi connectivity index (χ0) is 33.9. The van der Waals surface area contributed by atoms with Crippen LogP contribution in [-0.2, 0) is 0 Å². The monoisotopic (exact) mass is 644 g/mol. The molecule has 0 saturated heterocycles. The van der Waals surface area contributed by atoms with Crippen LogP contribution in [0.1, 0.15) is 41.7 Å². The minimum Gasteiger partial charge on any atom is -0.354 e. The van der Waals surface area contributed by atoms with E-state index in [4.69, 9.17) is 9.97 Å². The molecule has 4 heteroatoms. The topological polar surface area (TPSA) is 57.4 Å². The van der Waals surface area contributed by atoms with Crippen LogP contribution in [0.25, 0.3) is 85.3 Å². The van der Waals surface area contributed by atoms with Crippen LogP contribution in [0.3, 0.4) is 0 Å². The highest BCUT2D eigenvalue weighted by molar-refractivity contribution is 5.99. The maximum absolute atomic E-state index is 5.37. The van der Waals surface area contributed by atoms with Crippen molar-refractivity contribution < 1.29 is 0 Å². The first kappa shape index (κ1) is 30.8. The summed E-state index contributed by atoms with van der Waals surface area (Å²) in [5, 5.41) is 0. The van der Waals surface area contributed by atoms with E-state index < -0.39 is 0 Å². The highest BCUT2D eigenvalue weighted by atomic mass is 14.8. The molecule has 2 N–H and O–H groups in total. The first-order valence-corrected chi connectivity index (χ1v) is 17.0. The molecule has 5 heterocycles. The predicted octanol–water partition coefficient (Wildman–Crippen LogP) is 12.2. The zero-order valence-electron chi connectivity index (χ0n) is 27.9. The summed E-state index contributed by atoms with van der Waals surface area (Å²) in [5.74, 6) is 0. The Labute approximate surface area is 292 Å². The number of nitrogens with zero attached hydrogens (tertiary/aromatic N) is 2. The molecule has 0 amide bonds. The second-order valence-corrected chi connectivity index (χ2v) is 12.3. The smallest absolute Gasteiger partial charge is 0.0737 e. The summed E-state index contributed by atoms with van der Waals surface area (Å²) in [6, 6.07) is 40.1. The number of aromatic amines is 2. The van der Waals surface area contributed by atoms with Gasteiger partial charge in [-0.1, -0.05) is 129 Å². The molecule has 6 aromatic rings. The molecular weight excluding hydrogens is 609 g/mol. The van der Waals surface area contributed by atoms with Gasteiger partial charge in [0.15, 0.2) is 0 Å². The van der Waals surface area contributed by atoms with Crippen molar-refractivity contribution in [1.82, 2.24) is 19.9 Å². The van der Waals surface area contributed by atoms with Crippen molar-refractivity contribution >= 4 is 51.9 Å². The van der Waals surface area contributed by atoms with Crippen LogP contribution in [0.5, 0.6) is 0 Å². The van der Waals surface area contributed by atoms with Gasteiger partial charge in [0, 0.05) is 44.3 Å². The molecule has 2 aliphatic heterocycles. The first-order valence-electron chi connectivity index (χ1n) is 17.0. The van der Waals surface area contributed by atoms with Gasteiger partial charge in [-0.25, -0.2) is 9.97 Å². The van der Waals surface area contributed by atoms with Gasteiger partial charge in [0.25, 0.3) is 0 Å². The van der Waals surface area contributed by atoms with E-state index in [9.17, 15) is 0 Å². The van der Waals surface area contributed by atoms with E-state index in [1.165, 1.54) is 0 Å². The standard InChI is InChI=1S/C46H36N4/c1-3-5-16-31(15-4-2)43-35-23-25-37(47-35)44(32-17-9-6-10-18-32)39-27-29-41(49-39)46(34-21-13-8-14-22-34)42-30-28-40(50-42)45(33-19-11-7-12-20-33)38-26-24-36(43)48-38/h4-30,47,50H,2-3H2,1H3/b16-5-,31-15+,43-35?,43-36?,44-37?,44-39?,45-38?,45-40?,46-41?,46-42?. The van der Waals surface area contributed by atoms with Crippen LogP contribution in [-0.4, -0.2) is 19.9 Å². The van der Waals surface area contributed by atoms with Crippen LogP contribution < -0.4 is 0 Å². The Bertz CT molecular complexity index is 2470. The fourth-order valence-corrected chi connectivity index (χ4v) is 6.83. The van der Waals surface area contributed by atoms with Gasteiger partial charge in [-0.05, 0) is 77.3 Å². The molecule has 8 rings (SSSR count). The Morgan fingerprint density at radius 2 is 0.940 bits per heavy atom. The molecule has 0 saturated carbocycles. The predicted molar refractivity (Wildman–Crippen MR) is 213 cm³/mol. The summed E-state index contributed by atoms with van der Waals surface area (Å²) >= 11 is 0. The summed E-state index contributed by atoms with van der Waals surface area (Å²) in [6.45, 7) is 6.20. The van der Waals surface area contributed by atoms with E-state index >= 15 is 0 Å². The third-order valence-electron chi connectivity index (χ3n) is 9.06. The van der Waals surface area contributed by atoms with Crippen LogP contribution in [0.15, 0.2) is 146 Å². The van der Waals surface area contributed by atoms with Crippen LogP contribution in [0.4, 0.5) is 0 Å². The molecule has 8 bridgehead atoms.